The van der Waals surface area contributed by atoms with Crippen molar-refractivity contribution in [1.29, 1.82) is 0 Å². The molecule has 2 rings (SSSR count). The van der Waals surface area contributed by atoms with Crippen molar-refractivity contribution in [3.63, 3.8) is 0 Å². The van der Waals surface area contributed by atoms with E-state index in [0.29, 0.717) is 13.0 Å². The van der Waals surface area contributed by atoms with Crippen LogP contribution >= 0.6 is 0 Å². The molecule has 1 saturated heterocycles. The number of hydrogen-bond donors (Lipinski definition) is 2. The van der Waals surface area contributed by atoms with E-state index in [0.717, 1.165) is 25.5 Å². The molecule has 0 aromatic heterocycles. The average Bonchev–Trinajstić information content (AvgIpc) is 3.31. The average molecular weight is 394 g/mol. The van der Waals surface area contributed by atoms with Gasteiger partial charge in [-0.05, 0) is 36.5 Å². The van der Waals surface area contributed by atoms with Crippen molar-refractivity contribution in [3.8, 4) is 0 Å². The Morgan fingerprint density at radius 1 is 0.929 bits per heavy atom. The molecule has 3 unspecified atom stereocenters. The minimum atomic E-state index is -0.787. The van der Waals surface area contributed by atoms with Crippen LogP contribution in [0, 0.1) is 16.7 Å². The lowest BCUT2D eigenvalue weighted by molar-refractivity contribution is -0.138. The number of nitrogens with zero attached hydrogens (tertiary/aromatic N) is 1. The van der Waals surface area contributed by atoms with Gasteiger partial charge in [0.1, 0.15) is 12.3 Å². The summed E-state index contributed by atoms with van der Waals surface area (Å²) in [7, 11) is 0. The van der Waals surface area contributed by atoms with E-state index in [1.54, 1.807) is 4.90 Å². The number of amides is 3. The number of carbonyl (C=O) groups is 4. The van der Waals surface area contributed by atoms with Crippen LogP contribution in [0.2, 0.25) is 0 Å². The van der Waals surface area contributed by atoms with Gasteiger partial charge in [0.2, 0.25) is 5.91 Å². The number of rotatable bonds is 6. The molecule has 0 aromatic carbocycles. The quantitative estimate of drug-likeness (QED) is 0.677. The summed E-state index contributed by atoms with van der Waals surface area (Å²) in [5.74, 6) is -0.164. The van der Waals surface area contributed by atoms with Crippen molar-refractivity contribution < 1.29 is 19.2 Å². The summed E-state index contributed by atoms with van der Waals surface area (Å²) in [6, 6.07) is -2.35. The van der Waals surface area contributed by atoms with Crippen LogP contribution in [0.5, 0.6) is 0 Å². The molecule has 0 aromatic rings. The topological polar surface area (TPSA) is 95.6 Å². The fourth-order valence-electron chi connectivity index (χ4n) is 3.64. The van der Waals surface area contributed by atoms with Crippen LogP contribution in [0.25, 0.3) is 0 Å². The fraction of sp³-hybridized carbons (Fsp3) is 0.810. The molecule has 2 N–H and O–H groups in total. The molecule has 1 heterocycles. The molecule has 0 radical (unpaired) electrons. The summed E-state index contributed by atoms with van der Waals surface area (Å²) in [5.41, 5.74) is -0.960. The second-order valence-electron chi connectivity index (χ2n) is 10.3. The Morgan fingerprint density at radius 2 is 1.46 bits per heavy atom. The van der Waals surface area contributed by atoms with Gasteiger partial charge in [-0.3, -0.25) is 9.59 Å². The second-order valence-corrected chi connectivity index (χ2v) is 10.3. The van der Waals surface area contributed by atoms with Gasteiger partial charge < -0.3 is 20.3 Å². The molecule has 1 aliphatic heterocycles. The van der Waals surface area contributed by atoms with E-state index in [1.807, 2.05) is 41.5 Å². The standard InChI is InChI=1S/C21H35N3O4/c1-20(2,3)16(15(26)13-9-10-13)22-19(28)23-17(21(4,5)6)18(27)24-11-7-8-14(24)12-25/h12-14,16-17H,7-11H2,1-6H3,(H2,22,23,28). The van der Waals surface area contributed by atoms with Crippen molar-refractivity contribution in [3.05, 3.63) is 0 Å². The highest BCUT2D eigenvalue weighted by Crippen LogP contribution is 2.35. The van der Waals surface area contributed by atoms with Crippen molar-refractivity contribution in [1.82, 2.24) is 15.5 Å². The Hall–Kier alpha value is -1.92. The van der Waals surface area contributed by atoms with Crippen LogP contribution in [-0.4, -0.2) is 53.6 Å². The molecule has 158 valence electrons. The highest BCUT2D eigenvalue weighted by molar-refractivity contribution is 5.94. The third-order valence-corrected chi connectivity index (χ3v) is 5.53. The Balaban J connectivity index is 2.12. The lowest BCUT2D eigenvalue weighted by Gasteiger charge is -2.36. The summed E-state index contributed by atoms with van der Waals surface area (Å²) < 4.78 is 0. The van der Waals surface area contributed by atoms with Gasteiger partial charge in [0, 0.05) is 12.5 Å². The number of aldehydes is 1. The summed E-state index contributed by atoms with van der Waals surface area (Å²) >= 11 is 0. The number of urea groups is 1. The molecule has 1 saturated carbocycles. The van der Waals surface area contributed by atoms with E-state index in [9.17, 15) is 19.2 Å². The third kappa shape index (κ3) is 5.32. The highest BCUT2D eigenvalue weighted by atomic mass is 16.2. The zero-order chi connectivity index (χ0) is 21.3. The summed E-state index contributed by atoms with van der Waals surface area (Å²) in [4.78, 5) is 51.3. The predicted molar refractivity (Wildman–Crippen MR) is 107 cm³/mol. The van der Waals surface area contributed by atoms with Crippen LogP contribution < -0.4 is 10.6 Å². The lowest BCUT2D eigenvalue weighted by atomic mass is 9.82. The first-order valence-corrected chi connectivity index (χ1v) is 10.2. The van der Waals surface area contributed by atoms with Crippen LogP contribution in [0.4, 0.5) is 4.79 Å². The lowest BCUT2D eigenvalue weighted by Crippen LogP contribution is -2.60. The minimum absolute atomic E-state index is 0.0301. The van der Waals surface area contributed by atoms with Crippen LogP contribution in [-0.2, 0) is 14.4 Å². The molecular formula is C21H35N3O4. The van der Waals surface area contributed by atoms with Crippen molar-refractivity contribution in [2.24, 2.45) is 16.7 Å². The van der Waals surface area contributed by atoms with Gasteiger partial charge in [-0.2, -0.15) is 0 Å². The first-order chi connectivity index (χ1) is 12.9. The molecule has 3 amide bonds. The van der Waals surface area contributed by atoms with E-state index >= 15 is 0 Å². The maximum atomic E-state index is 13.1. The van der Waals surface area contributed by atoms with Gasteiger partial charge in [0.15, 0.2) is 5.78 Å². The Bertz CT molecular complexity index is 629. The van der Waals surface area contributed by atoms with Gasteiger partial charge in [0.05, 0.1) is 12.1 Å². The van der Waals surface area contributed by atoms with E-state index in [1.165, 1.54) is 0 Å². The molecule has 2 fully saturated rings. The van der Waals surface area contributed by atoms with Crippen LogP contribution in [0.3, 0.4) is 0 Å². The van der Waals surface area contributed by atoms with Crippen molar-refractivity contribution >= 4 is 24.0 Å². The molecular weight excluding hydrogens is 358 g/mol. The van der Waals surface area contributed by atoms with E-state index in [-0.39, 0.29) is 17.6 Å². The van der Waals surface area contributed by atoms with Gasteiger partial charge in [0.25, 0.3) is 0 Å². The first-order valence-electron chi connectivity index (χ1n) is 10.2. The molecule has 7 heteroatoms. The minimum Gasteiger partial charge on any atom is -0.331 e. The summed E-state index contributed by atoms with van der Waals surface area (Å²) in [5, 5.41) is 5.60. The number of hydrogen-bond acceptors (Lipinski definition) is 4. The number of carbonyl (C=O) groups excluding carboxylic acids is 4. The van der Waals surface area contributed by atoms with Gasteiger partial charge in [-0.15, -0.1) is 0 Å². The molecule has 7 nitrogen and oxygen atoms in total. The molecule has 2 aliphatic rings. The SMILES string of the molecule is CC(C)(C)C(NC(=O)NC(C(=O)N1CCCC1C=O)C(C)(C)C)C(=O)C1CC1. The third-order valence-electron chi connectivity index (χ3n) is 5.53. The zero-order valence-electron chi connectivity index (χ0n) is 18.0. The normalized spacial score (nSPS) is 22.4. The number of Topliss-reactive ketones (excluding diaryl/α,β-unsaturated/α-hetero) is 1. The van der Waals surface area contributed by atoms with Gasteiger partial charge in [-0.25, -0.2) is 4.79 Å². The monoisotopic (exact) mass is 393 g/mol. The van der Waals surface area contributed by atoms with E-state index < -0.39 is 35.0 Å². The maximum absolute atomic E-state index is 13.1. The summed E-state index contributed by atoms with van der Waals surface area (Å²) in [6.07, 6.45) is 3.98. The van der Waals surface area contributed by atoms with Crippen molar-refractivity contribution in [2.75, 3.05) is 6.54 Å². The molecule has 1 aliphatic carbocycles. The molecule has 28 heavy (non-hydrogen) atoms. The van der Waals surface area contributed by atoms with E-state index in [4.69, 9.17) is 0 Å². The van der Waals surface area contributed by atoms with Crippen LogP contribution in [0.15, 0.2) is 0 Å². The second kappa shape index (κ2) is 8.21. The Labute approximate surface area is 168 Å². The Morgan fingerprint density at radius 3 is 1.93 bits per heavy atom. The zero-order valence-corrected chi connectivity index (χ0v) is 18.0. The van der Waals surface area contributed by atoms with Gasteiger partial charge in [-0.1, -0.05) is 41.5 Å². The maximum Gasteiger partial charge on any atom is 0.316 e. The largest absolute Gasteiger partial charge is 0.331 e. The van der Waals surface area contributed by atoms with Gasteiger partial charge >= 0.3 is 6.03 Å². The smallest absolute Gasteiger partial charge is 0.316 e. The highest BCUT2D eigenvalue weighted by Gasteiger charge is 2.43. The fourth-order valence-corrected chi connectivity index (χ4v) is 3.64. The molecule has 0 bridgehead atoms. The number of likely N-dealkylation sites (tertiary alicyclic amines) is 1. The first kappa shape index (κ1) is 22.4. The van der Waals surface area contributed by atoms with E-state index in [2.05, 4.69) is 10.6 Å². The van der Waals surface area contributed by atoms with Crippen molar-refractivity contribution in [2.45, 2.75) is 85.4 Å². The molecule has 3 atom stereocenters. The van der Waals surface area contributed by atoms with Crippen LogP contribution in [0.1, 0.15) is 67.2 Å². The number of nitrogens with one attached hydrogen (secondary N) is 2. The summed E-state index contributed by atoms with van der Waals surface area (Å²) in [6.45, 7) is 11.9. The molecule has 0 spiro atoms. The Kier molecular flexibility index (Phi) is 6.56. The predicted octanol–water partition coefficient (Wildman–Crippen LogP) is 2.28. The number of ketones is 1.